The van der Waals surface area contributed by atoms with Gasteiger partial charge in [0.25, 0.3) is 0 Å². The molecule has 0 bridgehead atoms. The minimum atomic E-state index is -0.121. The Balaban J connectivity index is 2.00. The smallest absolute Gasteiger partial charge is 0.0991 e. The van der Waals surface area contributed by atoms with E-state index in [1.165, 1.54) is 0 Å². The summed E-state index contributed by atoms with van der Waals surface area (Å²) in [5, 5.41) is 15.6. The summed E-state index contributed by atoms with van der Waals surface area (Å²) in [4.78, 5) is 0. The maximum absolute atomic E-state index is 8.89. The van der Waals surface area contributed by atoms with Gasteiger partial charge in [-0.15, -0.1) is 0 Å². The van der Waals surface area contributed by atoms with Crippen LogP contribution in [0.1, 0.15) is 25.0 Å². The van der Waals surface area contributed by atoms with Crippen LogP contribution in [0.3, 0.4) is 0 Å². The van der Waals surface area contributed by atoms with Gasteiger partial charge in [-0.2, -0.15) is 10.4 Å². The molecule has 1 aliphatic heterocycles. The van der Waals surface area contributed by atoms with E-state index in [1.807, 2.05) is 41.5 Å². The van der Waals surface area contributed by atoms with Gasteiger partial charge in [-0.05, 0) is 29.8 Å². The van der Waals surface area contributed by atoms with Gasteiger partial charge in [0.2, 0.25) is 0 Å². The molecular weight excluding hydrogens is 270 g/mol. The average molecular weight is 287 g/mol. The van der Waals surface area contributed by atoms with Gasteiger partial charge in [0.1, 0.15) is 0 Å². The van der Waals surface area contributed by atoms with Crippen molar-refractivity contribution >= 4 is 11.4 Å². The molecule has 3 nitrogen and oxygen atoms in total. The Morgan fingerprint density at radius 3 is 2.32 bits per heavy atom. The number of hydrazone groups is 1. The van der Waals surface area contributed by atoms with Crippen molar-refractivity contribution in [3.05, 3.63) is 78.0 Å². The fourth-order valence-electron chi connectivity index (χ4n) is 2.46. The molecular formula is C19H17N3. The average Bonchev–Trinajstić information content (AvgIpc) is 2.55. The predicted octanol–water partition coefficient (Wildman–Crippen LogP) is 4.32. The number of hydrogen-bond donors (Lipinski definition) is 0. The summed E-state index contributed by atoms with van der Waals surface area (Å²) in [5.41, 5.74) is 3.62. The van der Waals surface area contributed by atoms with Crippen LogP contribution in [0, 0.1) is 16.7 Å². The van der Waals surface area contributed by atoms with Crippen molar-refractivity contribution in [2.45, 2.75) is 13.8 Å². The van der Waals surface area contributed by atoms with Crippen molar-refractivity contribution in [2.75, 3.05) is 5.01 Å². The number of nitriles is 1. The number of benzene rings is 2. The van der Waals surface area contributed by atoms with Gasteiger partial charge < -0.3 is 0 Å². The lowest BCUT2D eigenvalue weighted by atomic mass is 9.83. The van der Waals surface area contributed by atoms with Gasteiger partial charge >= 0.3 is 0 Å². The second-order valence-corrected chi connectivity index (χ2v) is 5.86. The summed E-state index contributed by atoms with van der Waals surface area (Å²) in [6, 6.07) is 19.8. The maximum Gasteiger partial charge on any atom is 0.0991 e. The highest BCUT2D eigenvalue weighted by molar-refractivity contribution is 6.06. The van der Waals surface area contributed by atoms with Crippen LogP contribution in [0.25, 0.3) is 0 Å². The van der Waals surface area contributed by atoms with E-state index in [-0.39, 0.29) is 5.41 Å². The quantitative estimate of drug-likeness (QED) is 0.825. The van der Waals surface area contributed by atoms with E-state index >= 15 is 0 Å². The molecule has 3 rings (SSSR count). The zero-order chi connectivity index (χ0) is 15.6. The molecule has 0 aromatic heterocycles. The number of allylic oxidation sites excluding steroid dienone is 1. The molecule has 0 unspecified atom stereocenters. The van der Waals surface area contributed by atoms with E-state index in [0.717, 1.165) is 17.0 Å². The molecule has 1 heterocycles. The summed E-state index contributed by atoms with van der Waals surface area (Å²) >= 11 is 0. The van der Waals surface area contributed by atoms with E-state index in [2.05, 4.69) is 38.1 Å². The third-order valence-corrected chi connectivity index (χ3v) is 3.76. The molecule has 0 saturated heterocycles. The Labute approximate surface area is 130 Å². The van der Waals surface area contributed by atoms with E-state index < -0.39 is 0 Å². The van der Waals surface area contributed by atoms with Gasteiger partial charge in [0.05, 0.1) is 23.0 Å². The molecule has 0 spiro atoms. The Morgan fingerprint density at radius 2 is 1.68 bits per heavy atom. The fourth-order valence-corrected chi connectivity index (χ4v) is 2.46. The first-order valence-corrected chi connectivity index (χ1v) is 7.23. The maximum atomic E-state index is 8.89. The Bertz CT molecular complexity index is 763. The molecule has 22 heavy (non-hydrogen) atoms. The van der Waals surface area contributed by atoms with Crippen LogP contribution in [0.4, 0.5) is 5.69 Å². The third kappa shape index (κ3) is 2.64. The SMILES string of the molecule is CC1(C)C=CN(c2ccc(C#N)cc2)N=C1c1ccccc1. The number of anilines is 1. The van der Waals surface area contributed by atoms with E-state index in [9.17, 15) is 0 Å². The van der Waals surface area contributed by atoms with Crippen molar-refractivity contribution in [1.82, 2.24) is 0 Å². The van der Waals surface area contributed by atoms with Crippen LogP contribution in [-0.4, -0.2) is 5.71 Å². The second kappa shape index (κ2) is 5.50. The zero-order valence-corrected chi connectivity index (χ0v) is 12.7. The van der Waals surface area contributed by atoms with Crippen molar-refractivity contribution in [3.8, 4) is 6.07 Å². The lowest BCUT2D eigenvalue weighted by Gasteiger charge is -2.31. The van der Waals surface area contributed by atoms with Gasteiger partial charge in [0.15, 0.2) is 0 Å². The van der Waals surface area contributed by atoms with Gasteiger partial charge in [-0.25, -0.2) is 5.01 Å². The number of hydrogen-bond acceptors (Lipinski definition) is 3. The zero-order valence-electron chi connectivity index (χ0n) is 12.7. The van der Waals surface area contributed by atoms with Crippen molar-refractivity contribution in [3.63, 3.8) is 0 Å². The molecule has 0 atom stereocenters. The topological polar surface area (TPSA) is 39.4 Å². The first-order chi connectivity index (χ1) is 10.6. The van der Waals surface area contributed by atoms with Gasteiger partial charge in [-0.1, -0.05) is 50.3 Å². The summed E-state index contributed by atoms with van der Waals surface area (Å²) in [6.45, 7) is 4.32. The molecule has 0 radical (unpaired) electrons. The minimum Gasteiger partial charge on any atom is -0.241 e. The minimum absolute atomic E-state index is 0.121. The molecule has 0 N–H and O–H groups in total. The van der Waals surface area contributed by atoms with Crippen LogP contribution < -0.4 is 5.01 Å². The Morgan fingerprint density at radius 1 is 1.00 bits per heavy atom. The standard InChI is InChI=1S/C19H17N3/c1-19(2)12-13-22(17-10-8-15(14-20)9-11-17)21-18(19)16-6-4-3-5-7-16/h3-13H,1-2H3. The highest BCUT2D eigenvalue weighted by Crippen LogP contribution is 2.30. The van der Waals surface area contributed by atoms with Gasteiger partial charge in [0, 0.05) is 11.6 Å². The number of nitrogens with zero attached hydrogens (tertiary/aromatic N) is 3. The van der Waals surface area contributed by atoms with Gasteiger partial charge in [-0.3, -0.25) is 0 Å². The van der Waals surface area contributed by atoms with Crippen LogP contribution in [0.2, 0.25) is 0 Å². The highest BCUT2D eigenvalue weighted by atomic mass is 15.5. The summed E-state index contributed by atoms with van der Waals surface area (Å²) < 4.78 is 0. The molecule has 0 fully saturated rings. The molecule has 0 amide bonds. The normalized spacial score (nSPS) is 16.0. The lowest BCUT2D eigenvalue weighted by molar-refractivity contribution is 0.656. The van der Waals surface area contributed by atoms with Crippen LogP contribution in [0.15, 0.2) is 72.0 Å². The summed E-state index contributed by atoms with van der Waals surface area (Å²) in [7, 11) is 0. The Hall–Kier alpha value is -2.86. The van der Waals surface area contributed by atoms with Crippen LogP contribution >= 0.6 is 0 Å². The first-order valence-electron chi connectivity index (χ1n) is 7.23. The molecule has 2 aromatic rings. The Kier molecular flexibility index (Phi) is 3.52. The third-order valence-electron chi connectivity index (χ3n) is 3.76. The van der Waals surface area contributed by atoms with Crippen LogP contribution in [-0.2, 0) is 0 Å². The van der Waals surface area contributed by atoms with E-state index in [4.69, 9.17) is 10.4 Å². The van der Waals surface area contributed by atoms with Crippen molar-refractivity contribution < 1.29 is 0 Å². The monoisotopic (exact) mass is 287 g/mol. The van der Waals surface area contributed by atoms with E-state index in [1.54, 1.807) is 12.1 Å². The van der Waals surface area contributed by atoms with Crippen molar-refractivity contribution in [1.29, 1.82) is 5.26 Å². The van der Waals surface area contributed by atoms with E-state index in [0.29, 0.717) is 5.56 Å². The molecule has 0 aliphatic carbocycles. The molecule has 3 heteroatoms. The van der Waals surface area contributed by atoms with Crippen LogP contribution in [0.5, 0.6) is 0 Å². The molecule has 108 valence electrons. The summed E-state index contributed by atoms with van der Waals surface area (Å²) in [5.74, 6) is 0. The second-order valence-electron chi connectivity index (χ2n) is 5.86. The molecule has 1 aliphatic rings. The molecule has 0 saturated carbocycles. The number of rotatable bonds is 2. The lowest BCUT2D eigenvalue weighted by Crippen LogP contribution is -2.30. The van der Waals surface area contributed by atoms with Crippen molar-refractivity contribution in [2.24, 2.45) is 10.5 Å². The highest BCUT2D eigenvalue weighted by Gasteiger charge is 2.27. The first kappa shape index (κ1) is 14.1. The largest absolute Gasteiger partial charge is 0.241 e. The predicted molar refractivity (Wildman–Crippen MR) is 89.5 cm³/mol. The fraction of sp³-hybridized carbons (Fsp3) is 0.158. The summed E-state index contributed by atoms with van der Waals surface area (Å²) in [6.07, 6.45) is 4.13. The molecule has 2 aromatic carbocycles.